The van der Waals surface area contributed by atoms with Gasteiger partial charge < -0.3 is 5.11 Å². The topological polar surface area (TPSA) is 53.4 Å². The molecule has 2 aromatic carbocycles. The molecule has 0 aliphatic carbocycles. The second-order valence-corrected chi connectivity index (χ2v) is 7.46. The number of hydrogen-bond donors (Lipinski definition) is 1. The Morgan fingerprint density at radius 1 is 1.07 bits per heavy atom. The average molecular weight is 381 g/mol. The normalized spacial score (nSPS) is 19.1. The molecule has 1 N–H and O–H groups in total. The van der Waals surface area contributed by atoms with Crippen LogP contribution in [0.2, 0.25) is 5.02 Å². The number of aromatic nitrogens is 1. The Hall–Kier alpha value is -2.43. The monoisotopic (exact) mass is 380 g/mol. The molecule has 2 heterocycles. The van der Waals surface area contributed by atoms with E-state index < -0.39 is 12.0 Å². The van der Waals surface area contributed by atoms with E-state index >= 15 is 0 Å². The second kappa shape index (κ2) is 7.67. The number of hydrogen-bond acceptors (Lipinski definition) is 3. The molecule has 5 heteroatoms. The van der Waals surface area contributed by atoms with Crippen LogP contribution >= 0.6 is 11.6 Å². The number of aliphatic carboxylic acids is 1. The zero-order chi connectivity index (χ0) is 18.8. The third kappa shape index (κ3) is 3.68. The highest BCUT2D eigenvalue weighted by molar-refractivity contribution is 6.30. The van der Waals surface area contributed by atoms with Gasteiger partial charge in [-0.1, -0.05) is 42.3 Å². The Labute approximate surface area is 163 Å². The number of fused-ring (bicyclic) bond motifs is 1. The van der Waals surface area contributed by atoms with Gasteiger partial charge in [0.15, 0.2) is 0 Å². The SMILES string of the molecule is O=C(O)C1CCCCN1C(c1ccc(Cl)cc1)c1ccc2cnccc2c1. The third-order valence-electron chi connectivity index (χ3n) is 5.33. The van der Waals surface area contributed by atoms with Gasteiger partial charge in [0.2, 0.25) is 0 Å². The standard InChI is InChI=1S/C22H21ClN2O2/c23-19-8-6-15(7-9-19)21(25-12-2-1-3-20(25)22(26)27)17-4-5-18-14-24-11-10-16(18)13-17/h4-11,13-14,20-21H,1-3,12H2,(H,26,27). The minimum atomic E-state index is -0.751. The summed E-state index contributed by atoms with van der Waals surface area (Å²) < 4.78 is 0. The summed E-state index contributed by atoms with van der Waals surface area (Å²) in [6.07, 6.45) is 6.26. The smallest absolute Gasteiger partial charge is 0.320 e. The van der Waals surface area contributed by atoms with Crippen molar-refractivity contribution in [3.63, 3.8) is 0 Å². The molecule has 1 fully saturated rings. The number of halogens is 1. The summed E-state index contributed by atoms with van der Waals surface area (Å²) in [6, 6.07) is 15.4. The molecule has 3 aromatic rings. The lowest BCUT2D eigenvalue weighted by Gasteiger charge is -2.39. The van der Waals surface area contributed by atoms with E-state index in [0.29, 0.717) is 11.4 Å². The Balaban J connectivity index is 1.83. The van der Waals surface area contributed by atoms with E-state index in [1.54, 1.807) is 6.20 Å². The van der Waals surface area contributed by atoms with Crippen LogP contribution in [0.3, 0.4) is 0 Å². The number of pyridine rings is 1. The van der Waals surface area contributed by atoms with Crippen LogP contribution in [-0.2, 0) is 4.79 Å². The van der Waals surface area contributed by atoms with Gasteiger partial charge in [-0.05, 0) is 60.2 Å². The predicted octanol–water partition coefficient (Wildman–Crippen LogP) is 4.92. The maximum Gasteiger partial charge on any atom is 0.320 e. The largest absolute Gasteiger partial charge is 0.480 e. The van der Waals surface area contributed by atoms with Gasteiger partial charge in [-0.3, -0.25) is 14.7 Å². The van der Waals surface area contributed by atoms with Crippen LogP contribution in [0.25, 0.3) is 10.8 Å². The van der Waals surface area contributed by atoms with E-state index in [1.807, 2.05) is 36.5 Å². The molecule has 1 aliphatic heterocycles. The van der Waals surface area contributed by atoms with Crippen molar-refractivity contribution in [3.05, 3.63) is 77.1 Å². The summed E-state index contributed by atoms with van der Waals surface area (Å²) in [5.41, 5.74) is 2.14. The fourth-order valence-corrected chi connectivity index (χ4v) is 4.15. The van der Waals surface area contributed by atoms with Crippen molar-refractivity contribution in [2.75, 3.05) is 6.54 Å². The van der Waals surface area contributed by atoms with Crippen LogP contribution < -0.4 is 0 Å². The molecule has 27 heavy (non-hydrogen) atoms. The van der Waals surface area contributed by atoms with Crippen LogP contribution in [-0.4, -0.2) is 33.5 Å². The average Bonchev–Trinajstić information content (AvgIpc) is 2.70. The number of rotatable bonds is 4. The Morgan fingerprint density at radius 3 is 2.63 bits per heavy atom. The van der Waals surface area contributed by atoms with Gasteiger partial charge in [0.25, 0.3) is 0 Å². The van der Waals surface area contributed by atoms with Crippen LogP contribution in [0, 0.1) is 0 Å². The summed E-state index contributed by atoms with van der Waals surface area (Å²) in [7, 11) is 0. The van der Waals surface area contributed by atoms with Crippen molar-refractivity contribution in [2.24, 2.45) is 0 Å². The molecule has 0 amide bonds. The van der Waals surface area contributed by atoms with Crippen molar-refractivity contribution < 1.29 is 9.90 Å². The first kappa shape index (κ1) is 18.0. The summed E-state index contributed by atoms with van der Waals surface area (Å²) in [6.45, 7) is 0.763. The minimum Gasteiger partial charge on any atom is -0.480 e. The molecule has 1 aromatic heterocycles. The molecule has 2 atom stereocenters. The zero-order valence-electron chi connectivity index (χ0n) is 14.9. The fourth-order valence-electron chi connectivity index (χ4n) is 4.02. The maximum atomic E-state index is 11.9. The van der Waals surface area contributed by atoms with Crippen molar-refractivity contribution in [2.45, 2.75) is 31.3 Å². The predicted molar refractivity (Wildman–Crippen MR) is 107 cm³/mol. The van der Waals surface area contributed by atoms with E-state index in [9.17, 15) is 9.90 Å². The lowest BCUT2D eigenvalue weighted by molar-refractivity contribution is -0.145. The summed E-state index contributed by atoms with van der Waals surface area (Å²) >= 11 is 6.09. The van der Waals surface area contributed by atoms with E-state index in [0.717, 1.165) is 41.3 Å². The highest BCUT2D eigenvalue weighted by Gasteiger charge is 2.35. The Bertz CT molecular complexity index is 958. The molecule has 1 saturated heterocycles. The van der Waals surface area contributed by atoms with E-state index in [-0.39, 0.29) is 6.04 Å². The first-order chi connectivity index (χ1) is 13.1. The number of carboxylic acids is 1. The summed E-state index contributed by atoms with van der Waals surface area (Å²) in [4.78, 5) is 18.2. The van der Waals surface area contributed by atoms with Gasteiger partial charge in [0, 0.05) is 22.8 Å². The number of benzene rings is 2. The number of nitrogens with zero attached hydrogens (tertiary/aromatic N) is 2. The lowest BCUT2D eigenvalue weighted by atomic mass is 9.91. The number of piperidine rings is 1. The summed E-state index contributed by atoms with van der Waals surface area (Å²) in [5.74, 6) is -0.751. The number of likely N-dealkylation sites (tertiary alicyclic amines) is 1. The fraction of sp³-hybridized carbons (Fsp3) is 0.273. The maximum absolute atomic E-state index is 11.9. The number of carbonyl (C=O) groups is 1. The molecule has 4 rings (SSSR count). The van der Waals surface area contributed by atoms with Crippen molar-refractivity contribution in [1.29, 1.82) is 0 Å². The first-order valence-corrected chi connectivity index (χ1v) is 9.59. The molecule has 0 bridgehead atoms. The van der Waals surface area contributed by atoms with Gasteiger partial charge in [0.1, 0.15) is 6.04 Å². The van der Waals surface area contributed by atoms with Crippen molar-refractivity contribution in [1.82, 2.24) is 9.88 Å². The molecular formula is C22H21ClN2O2. The van der Waals surface area contributed by atoms with Gasteiger partial charge in [-0.15, -0.1) is 0 Å². The third-order valence-corrected chi connectivity index (χ3v) is 5.58. The highest BCUT2D eigenvalue weighted by Crippen LogP contribution is 2.35. The van der Waals surface area contributed by atoms with E-state index in [4.69, 9.17) is 11.6 Å². The molecule has 4 nitrogen and oxygen atoms in total. The minimum absolute atomic E-state index is 0.124. The molecule has 0 spiro atoms. The van der Waals surface area contributed by atoms with Gasteiger partial charge in [-0.25, -0.2) is 0 Å². The van der Waals surface area contributed by atoms with E-state index in [2.05, 4.69) is 28.1 Å². The molecule has 1 aliphatic rings. The Kier molecular flexibility index (Phi) is 5.10. The van der Waals surface area contributed by atoms with Gasteiger partial charge in [0.05, 0.1) is 6.04 Å². The van der Waals surface area contributed by atoms with Gasteiger partial charge in [-0.2, -0.15) is 0 Å². The van der Waals surface area contributed by atoms with Gasteiger partial charge >= 0.3 is 5.97 Å². The van der Waals surface area contributed by atoms with Crippen LogP contribution in [0.15, 0.2) is 60.9 Å². The summed E-state index contributed by atoms with van der Waals surface area (Å²) in [5, 5.41) is 12.6. The van der Waals surface area contributed by atoms with Crippen LogP contribution in [0.4, 0.5) is 0 Å². The van der Waals surface area contributed by atoms with Crippen LogP contribution in [0.1, 0.15) is 36.4 Å². The quantitative estimate of drug-likeness (QED) is 0.698. The van der Waals surface area contributed by atoms with Crippen LogP contribution in [0.5, 0.6) is 0 Å². The molecule has 0 saturated carbocycles. The van der Waals surface area contributed by atoms with Crippen molar-refractivity contribution >= 4 is 28.3 Å². The lowest BCUT2D eigenvalue weighted by Crippen LogP contribution is -2.46. The zero-order valence-corrected chi connectivity index (χ0v) is 15.6. The van der Waals surface area contributed by atoms with E-state index in [1.165, 1.54) is 0 Å². The highest BCUT2D eigenvalue weighted by atomic mass is 35.5. The second-order valence-electron chi connectivity index (χ2n) is 7.02. The Morgan fingerprint density at radius 2 is 1.85 bits per heavy atom. The molecule has 0 radical (unpaired) electrons. The first-order valence-electron chi connectivity index (χ1n) is 9.21. The molecular weight excluding hydrogens is 360 g/mol. The number of carboxylic acid groups (broad SMARTS) is 1. The van der Waals surface area contributed by atoms with Crippen molar-refractivity contribution in [3.8, 4) is 0 Å². The molecule has 2 unspecified atom stereocenters. The molecule has 138 valence electrons.